The van der Waals surface area contributed by atoms with Crippen LogP contribution in [-0.2, 0) is 12.8 Å². The number of hydrogen-bond acceptors (Lipinski definition) is 3. The van der Waals surface area contributed by atoms with Gasteiger partial charge in [-0.05, 0) is 30.6 Å². The van der Waals surface area contributed by atoms with E-state index in [-0.39, 0.29) is 5.96 Å². The first-order chi connectivity index (χ1) is 8.42. The highest BCUT2D eigenvalue weighted by Gasteiger charge is 2.32. The highest BCUT2D eigenvalue weighted by molar-refractivity contribution is 7.15. The first-order valence-corrected chi connectivity index (χ1v) is 7.32. The van der Waals surface area contributed by atoms with Gasteiger partial charge >= 0.3 is 0 Å². The third-order valence-electron chi connectivity index (χ3n) is 4.17. The van der Waals surface area contributed by atoms with Crippen LogP contribution >= 0.6 is 11.3 Å². The van der Waals surface area contributed by atoms with Crippen LogP contribution in [0.15, 0.2) is 4.99 Å². The summed E-state index contributed by atoms with van der Waals surface area (Å²) in [7, 11) is 0. The lowest BCUT2D eigenvalue weighted by molar-refractivity contribution is 0.183. The fourth-order valence-electron chi connectivity index (χ4n) is 2.48. The Kier molecular flexibility index (Phi) is 3.61. The summed E-state index contributed by atoms with van der Waals surface area (Å²) in [6.07, 6.45) is 4.61. The second-order valence-electron chi connectivity index (χ2n) is 5.68. The molecule has 4 N–H and O–H groups in total. The number of aromatic nitrogens is 1. The highest BCUT2D eigenvalue weighted by atomic mass is 32.1. The van der Waals surface area contributed by atoms with E-state index in [2.05, 4.69) is 30.7 Å². The quantitative estimate of drug-likeness (QED) is 0.652. The lowest BCUT2D eigenvalue weighted by Gasteiger charge is -2.35. The van der Waals surface area contributed by atoms with Crippen LogP contribution in [0.25, 0.3) is 0 Å². The minimum Gasteiger partial charge on any atom is -0.370 e. The Balaban J connectivity index is 2.20. The van der Waals surface area contributed by atoms with Crippen molar-refractivity contribution in [3.8, 4) is 0 Å². The third kappa shape index (κ3) is 2.66. The fourth-order valence-corrected chi connectivity index (χ4v) is 3.55. The summed E-state index contributed by atoms with van der Waals surface area (Å²) < 4.78 is 0. The number of thiazole rings is 1. The third-order valence-corrected chi connectivity index (χ3v) is 5.18. The molecule has 0 aliphatic heterocycles. The summed E-state index contributed by atoms with van der Waals surface area (Å²) in [6.45, 7) is 6.99. The molecule has 2 rings (SSSR count). The van der Waals surface area contributed by atoms with Crippen LogP contribution in [0.1, 0.15) is 44.2 Å². The Morgan fingerprint density at radius 2 is 2.22 bits per heavy atom. The Hall–Kier alpha value is -1.10. The van der Waals surface area contributed by atoms with Gasteiger partial charge in [0.2, 0.25) is 5.13 Å². The Morgan fingerprint density at radius 3 is 2.83 bits per heavy atom. The number of aliphatic imine (C=N–C) groups is 1. The fraction of sp³-hybridized carbons (Fsp3) is 0.692. The summed E-state index contributed by atoms with van der Waals surface area (Å²) in [5.74, 6) is 0.828. The van der Waals surface area contributed by atoms with Crippen molar-refractivity contribution >= 4 is 22.4 Å². The molecule has 1 aromatic heterocycles. The minimum absolute atomic E-state index is 0.0894. The Morgan fingerprint density at radius 1 is 1.50 bits per heavy atom. The van der Waals surface area contributed by atoms with Gasteiger partial charge in [0.15, 0.2) is 5.96 Å². The number of rotatable bonds is 3. The average Bonchev–Trinajstić information content (AvgIpc) is 2.68. The largest absolute Gasteiger partial charge is 0.370 e. The molecule has 18 heavy (non-hydrogen) atoms. The van der Waals surface area contributed by atoms with Gasteiger partial charge in [-0.2, -0.15) is 4.99 Å². The molecule has 1 unspecified atom stereocenters. The van der Waals surface area contributed by atoms with Crippen molar-refractivity contribution in [3.05, 3.63) is 10.6 Å². The summed E-state index contributed by atoms with van der Waals surface area (Å²) >= 11 is 1.64. The topological polar surface area (TPSA) is 77.3 Å². The Labute approximate surface area is 113 Å². The summed E-state index contributed by atoms with van der Waals surface area (Å²) in [4.78, 5) is 9.92. The lowest BCUT2D eigenvalue weighted by Crippen LogP contribution is -2.28. The number of aryl methyl sites for hydroxylation is 1. The molecule has 100 valence electrons. The van der Waals surface area contributed by atoms with E-state index in [1.807, 2.05) is 0 Å². The van der Waals surface area contributed by atoms with Gasteiger partial charge < -0.3 is 11.5 Å². The molecule has 0 saturated carbocycles. The normalized spacial score (nSPS) is 19.4. The first-order valence-electron chi connectivity index (χ1n) is 6.50. The van der Waals surface area contributed by atoms with E-state index in [1.165, 1.54) is 23.4 Å². The van der Waals surface area contributed by atoms with Crippen LogP contribution in [0.5, 0.6) is 0 Å². The van der Waals surface area contributed by atoms with Gasteiger partial charge in [0, 0.05) is 4.88 Å². The molecule has 0 amide bonds. The van der Waals surface area contributed by atoms with Crippen LogP contribution in [0.2, 0.25) is 0 Å². The maximum atomic E-state index is 5.39. The zero-order valence-electron chi connectivity index (χ0n) is 11.4. The molecule has 0 bridgehead atoms. The van der Waals surface area contributed by atoms with Crippen LogP contribution in [-0.4, -0.2) is 10.9 Å². The van der Waals surface area contributed by atoms with Crippen molar-refractivity contribution in [1.82, 2.24) is 4.98 Å². The van der Waals surface area contributed by atoms with E-state index in [9.17, 15) is 0 Å². The second-order valence-corrected chi connectivity index (χ2v) is 6.75. The number of fused-ring (bicyclic) bond motifs is 1. The molecule has 0 fully saturated rings. The van der Waals surface area contributed by atoms with Gasteiger partial charge in [-0.15, -0.1) is 0 Å². The monoisotopic (exact) mass is 266 g/mol. The van der Waals surface area contributed by atoms with E-state index in [0.29, 0.717) is 10.5 Å². The van der Waals surface area contributed by atoms with Crippen LogP contribution in [0, 0.1) is 11.3 Å². The van der Waals surface area contributed by atoms with Crippen molar-refractivity contribution in [3.63, 3.8) is 0 Å². The predicted octanol–water partition coefficient (Wildman–Crippen LogP) is 2.59. The van der Waals surface area contributed by atoms with E-state index in [4.69, 9.17) is 11.5 Å². The van der Waals surface area contributed by atoms with Gasteiger partial charge in [0.1, 0.15) is 0 Å². The van der Waals surface area contributed by atoms with Crippen LogP contribution in [0.3, 0.4) is 0 Å². The SMILES string of the molecule is CCC(C)(C)C1CCc2nc(N=C(N)N)sc2C1. The number of nitrogens with two attached hydrogens (primary N) is 2. The minimum atomic E-state index is 0.0894. The predicted molar refractivity (Wildman–Crippen MR) is 77.2 cm³/mol. The van der Waals surface area contributed by atoms with Crippen molar-refractivity contribution in [1.29, 1.82) is 0 Å². The van der Waals surface area contributed by atoms with Gasteiger partial charge in [0.25, 0.3) is 0 Å². The summed E-state index contributed by atoms with van der Waals surface area (Å²) in [5.41, 5.74) is 12.4. The molecule has 0 spiro atoms. The van der Waals surface area contributed by atoms with Gasteiger partial charge in [0.05, 0.1) is 5.69 Å². The van der Waals surface area contributed by atoms with E-state index < -0.39 is 0 Å². The van der Waals surface area contributed by atoms with Crippen molar-refractivity contribution in [2.24, 2.45) is 27.8 Å². The summed E-state index contributed by atoms with van der Waals surface area (Å²) in [5, 5.41) is 0.704. The van der Waals surface area contributed by atoms with Gasteiger partial charge in [-0.1, -0.05) is 38.5 Å². The van der Waals surface area contributed by atoms with Crippen molar-refractivity contribution < 1.29 is 0 Å². The summed E-state index contributed by atoms with van der Waals surface area (Å²) in [6, 6.07) is 0. The number of nitrogens with zero attached hydrogens (tertiary/aromatic N) is 2. The molecule has 0 radical (unpaired) electrons. The molecule has 0 saturated heterocycles. The second kappa shape index (κ2) is 4.88. The average molecular weight is 266 g/mol. The molecule has 1 aliphatic carbocycles. The van der Waals surface area contributed by atoms with E-state index in [0.717, 1.165) is 18.8 Å². The van der Waals surface area contributed by atoms with Gasteiger partial charge in [-0.3, -0.25) is 0 Å². The standard InChI is InChI=1S/C13H22N4S/c1-4-13(2,3)8-5-6-9-10(7-8)18-12(16-9)17-11(14)15/h8H,4-7H2,1-3H3,(H4,14,15,16,17). The van der Waals surface area contributed by atoms with Gasteiger partial charge in [-0.25, -0.2) is 4.98 Å². The molecule has 0 aromatic carbocycles. The number of hydrogen-bond donors (Lipinski definition) is 2. The van der Waals surface area contributed by atoms with E-state index in [1.54, 1.807) is 11.3 Å². The molecular weight excluding hydrogens is 244 g/mol. The lowest BCUT2D eigenvalue weighted by atomic mass is 9.70. The molecular formula is C13H22N4S. The van der Waals surface area contributed by atoms with E-state index >= 15 is 0 Å². The zero-order valence-corrected chi connectivity index (χ0v) is 12.2. The molecule has 1 atom stereocenters. The van der Waals surface area contributed by atoms with Crippen LogP contribution < -0.4 is 11.5 Å². The maximum Gasteiger partial charge on any atom is 0.212 e. The first kappa shape index (κ1) is 13.3. The number of guanidine groups is 1. The zero-order chi connectivity index (χ0) is 13.3. The van der Waals surface area contributed by atoms with Crippen molar-refractivity contribution in [2.75, 3.05) is 0 Å². The molecule has 1 aromatic rings. The molecule has 5 heteroatoms. The Bertz CT molecular complexity index is 458. The van der Waals surface area contributed by atoms with Crippen LogP contribution in [0.4, 0.5) is 5.13 Å². The van der Waals surface area contributed by atoms with Crippen molar-refractivity contribution in [2.45, 2.75) is 46.5 Å². The maximum absolute atomic E-state index is 5.39. The highest BCUT2D eigenvalue weighted by Crippen LogP contribution is 2.42. The smallest absolute Gasteiger partial charge is 0.212 e. The molecule has 1 aliphatic rings. The molecule has 4 nitrogen and oxygen atoms in total. The molecule has 1 heterocycles.